The Hall–Kier alpha value is -2.22. The summed E-state index contributed by atoms with van der Waals surface area (Å²) in [6, 6.07) is 2.31. The summed E-state index contributed by atoms with van der Waals surface area (Å²) in [6.45, 7) is 1.65. The molecule has 1 aromatic rings. The number of hydrogen-bond acceptors (Lipinski definition) is 2. The summed E-state index contributed by atoms with van der Waals surface area (Å²) < 4.78 is 0. The van der Waals surface area contributed by atoms with Gasteiger partial charge in [-0.15, -0.1) is 6.42 Å². The number of carboxylic acid groups (broad SMARTS) is 1. The first-order valence-corrected chi connectivity index (χ1v) is 4.24. The molecule has 0 spiro atoms. The standard InChI is InChI=1S/C10H10N2O3/c1-3-6(2)11-9(13)7-4-5-8(12-7)10(14)15/h1,4-6,12H,2H3,(H,11,13)(H,14,15). The van der Waals surface area contributed by atoms with Crippen molar-refractivity contribution in [2.45, 2.75) is 13.0 Å². The first kappa shape index (κ1) is 10.9. The van der Waals surface area contributed by atoms with E-state index < -0.39 is 17.9 Å². The number of carbonyl (C=O) groups is 2. The van der Waals surface area contributed by atoms with Gasteiger partial charge in [-0.3, -0.25) is 4.79 Å². The largest absolute Gasteiger partial charge is 0.477 e. The lowest BCUT2D eigenvalue weighted by molar-refractivity contribution is 0.0691. The van der Waals surface area contributed by atoms with Crippen molar-refractivity contribution in [2.24, 2.45) is 0 Å². The van der Waals surface area contributed by atoms with Crippen molar-refractivity contribution in [3.05, 3.63) is 23.5 Å². The fourth-order valence-electron chi connectivity index (χ4n) is 0.968. The number of terminal acetylenes is 1. The molecule has 5 nitrogen and oxygen atoms in total. The molecule has 0 aliphatic carbocycles. The van der Waals surface area contributed by atoms with Crippen molar-refractivity contribution >= 4 is 11.9 Å². The van der Waals surface area contributed by atoms with Gasteiger partial charge in [0.25, 0.3) is 5.91 Å². The molecule has 0 saturated heterocycles. The minimum atomic E-state index is -1.11. The summed E-state index contributed by atoms with van der Waals surface area (Å²) in [5.74, 6) is 0.798. The SMILES string of the molecule is C#CC(C)NC(=O)c1ccc(C(=O)O)[nH]1. The topological polar surface area (TPSA) is 82.2 Å². The van der Waals surface area contributed by atoms with Gasteiger partial charge in [-0.2, -0.15) is 0 Å². The number of amides is 1. The predicted octanol–water partition coefficient (Wildman–Crippen LogP) is 0.464. The monoisotopic (exact) mass is 206 g/mol. The van der Waals surface area contributed by atoms with E-state index in [0.717, 1.165) is 0 Å². The lowest BCUT2D eigenvalue weighted by Crippen LogP contribution is -2.31. The predicted molar refractivity (Wildman–Crippen MR) is 53.5 cm³/mol. The van der Waals surface area contributed by atoms with Crippen LogP contribution in [-0.4, -0.2) is 28.0 Å². The van der Waals surface area contributed by atoms with Crippen LogP contribution in [0, 0.1) is 12.3 Å². The van der Waals surface area contributed by atoms with Gasteiger partial charge in [0.2, 0.25) is 0 Å². The molecule has 5 heteroatoms. The zero-order chi connectivity index (χ0) is 11.4. The van der Waals surface area contributed by atoms with Crippen molar-refractivity contribution in [1.29, 1.82) is 0 Å². The molecular weight excluding hydrogens is 196 g/mol. The number of nitrogens with one attached hydrogen (secondary N) is 2. The highest BCUT2D eigenvalue weighted by atomic mass is 16.4. The van der Waals surface area contributed by atoms with Crippen LogP contribution in [0.15, 0.2) is 12.1 Å². The normalized spacial score (nSPS) is 11.5. The third kappa shape index (κ3) is 2.61. The molecule has 1 rings (SSSR count). The Balaban J connectivity index is 2.75. The fraction of sp³-hybridized carbons (Fsp3) is 0.200. The maximum absolute atomic E-state index is 11.4. The van der Waals surface area contributed by atoms with Gasteiger partial charge < -0.3 is 15.4 Å². The maximum atomic E-state index is 11.4. The maximum Gasteiger partial charge on any atom is 0.352 e. The molecule has 1 unspecified atom stereocenters. The summed E-state index contributed by atoms with van der Waals surface area (Å²) >= 11 is 0. The van der Waals surface area contributed by atoms with Crippen molar-refractivity contribution in [1.82, 2.24) is 10.3 Å². The lowest BCUT2D eigenvalue weighted by atomic mass is 10.3. The molecule has 0 radical (unpaired) electrons. The van der Waals surface area contributed by atoms with Crippen molar-refractivity contribution in [3.8, 4) is 12.3 Å². The van der Waals surface area contributed by atoms with Gasteiger partial charge in [0.05, 0.1) is 6.04 Å². The van der Waals surface area contributed by atoms with Gasteiger partial charge in [-0.05, 0) is 19.1 Å². The number of H-pyrrole nitrogens is 1. The van der Waals surface area contributed by atoms with E-state index in [2.05, 4.69) is 16.2 Å². The van der Waals surface area contributed by atoms with Gasteiger partial charge in [0.15, 0.2) is 0 Å². The number of aromatic carboxylic acids is 1. The van der Waals surface area contributed by atoms with Gasteiger partial charge >= 0.3 is 5.97 Å². The molecule has 1 aromatic heterocycles. The van der Waals surface area contributed by atoms with Crippen LogP contribution < -0.4 is 5.32 Å². The second kappa shape index (κ2) is 4.33. The summed E-state index contributed by atoms with van der Waals surface area (Å²) in [5, 5.41) is 11.1. The molecular formula is C10H10N2O3. The highest BCUT2D eigenvalue weighted by molar-refractivity contribution is 5.95. The van der Waals surface area contributed by atoms with Crippen LogP contribution in [0.3, 0.4) is 0 Å². The molecule has 0 fully saturated rings. The van der Waals surface area contributed by atoms with E-state index in [9.17, 15) is 9.59 Å². The average molecular weight is 206 g/mol. The molecule has 15 heavy (non-hydrogen) atoms. The minimum Gasteiger partial charge on any atom is -0.477 e. The molecule has 0 bridgehead atoms. The Morgan fingerprint density at radius 2 is 2.13 bits per heavy atom. The van der Waals surface area contributed by atoms with E-state index in [-0.39, 0.29) is 11.4 Å². The third-order valence-electron chi connectivity index (χ3n) is 1.76. The van der Waals surface area contributed by atoms with Crippen LogP contribution in [0.4, 0.5) is 0 Å². The zero-order valence-electron chi connectivity index (χ0n) is 8.07. The number of carbonyl (C=O) groups excluding carboxylic acids is 1. The third-order valence-corrected chi connectivity index (χ3v) is 1.76. The molecule has 0 aromatic carbocycles. The first-order valence-electron chi connectivity index (χ1n) is 4.24. The molecule has 1 heterocycles. The Morgan fingerprint density at radius 3 is 2.60 bits per heavy atom. The molecule has 1 amide bonds. The van der Waals surface area contributed by atoms with E-state index in [1.807, 2.05) is 0 Å². The van der Waals surface area contributed by atoms with E-state index >= 15 is 0 Å². The number of carboxylic acids is 1. The van der Waals surface area contributed by atoms with E-state index in [0.29, 0.717) is 0 Å². The van der Waals surface area contributed by atoms with E-state index in [4.69, 9.17) is 11.5 Å². The number of rotatable bonds is 3. The highest BCUT2D eigenvalue weighted by Gasteiger charge is 2.12. The second-order valence-corrected chi connectivity index (χ2v) is 2.95. The molecule has 0 aliphatic heterocycles. The van der Waals surface area contributed by atoms with Gasteiger partial charge in [-0.25, -0.2) is 4.79 Å². The lowest BCUT2D eigenvalue weighted by Gasteiger charge is -2.05. The molecule has 78 valence electrons. The smallest absolute Gasteiger partial charge is 0.352 e. The fourth-order valence-corrected chi connectivity index (χ4v) is 0.968. The summed E-state index contributed by atoms with van der Waals surface area (Å²) in [7, 11) is 0. The van der Waals surface area contributed by atoms with Gasteiger partial charge in [-0.1, -0.05) is 5.92 Å². The van der Waals surface area contributed by atoms with Crippen molar-refractivity contribution in [2.75, 3.05) is 0 Å². The van der Waals surface area contributed by atoms with Crippen LogP contribution in [-0.2, 0) is 0 Å². The molecule has 0 aliphatic rings. The van der Waals surface area contributed by atoms with Crippen LogP contribution in [0.25, 0.3) is 0 Å². The number of aromatic amines is 1. The minimum absolute atomic E-state index is 0.0338. The Kier molecular flexibility index (Phi) is 3.13. The quantitative estimate of drug-likeness (QED) is 0.628. The summed E-state index contributed by atoms with van der Waals surface area (Å²) in [5.41, 5.74) is 0.142. The zero-order valence-corrected chi connectivity index (χ0v) is 8.07. The highest BCUT2D eigenvalue weighted by Crippen LogP contribution is 2.02. The average Bonchev–Trinajstić information content (AvgIpc) is 2.66. The molecule has 0 saturated carbocycles. The molecule has 1 atom stereocenters. The van der Waals surface area contributed by atoms with E-state index in [1.165, 1.54) is 12.1 Å². The van der Waals surface area contributed by atoms with Crippen molar-refractivity contribution in [3.63, 3.8) is 0 Å². The Bertz CT molecular complexity index is 428. The van der Waals surface area contributed by atoms with Crippen LogP contribution >= 0.6 is 0 Å². The first-order chi connectivity index (χ1) is 7.04. The van der Waals surface area contributed by atoms with Crippen LogP contribution in [0.5, 0.6) is 0 Å². The number of aromatic nitrogens is 1. The Labute approximate surface area is 86.5 Å². The molecule has 3 N–H and O–H groups in total. The Morgan fingerprint density at radius 1 is 1.53 bits per heavy atom. The van der Waals surface area contributed by atoms with Crippen LogP contribution in [0.2, 0.25) is 0 Å². The van der Waals surface area contributed by atoms with Gasteiger partial charge in [0, 0.05) is 0 Å². The van der Waals surface area contributed by atoms with Gasteiger partial charge in [0.1, 0.15) is 11.4 Å². The second-order valence-electron chi connectivity index (χ2n) is 2.95. The van der Waals surface area contributed by atoms with Crippen LogP contribution in [0.1, 0.15) is 27.9 Å². The number of hydrogen-bond donors (Lipinski definition) is 3. The summed E-state index contributed by atoms with van der Waals surface area (Å²) in [4.78, 5) is 24.4. The van der Waals surface area contributed by atoms with Crippen molar-refractivity contribution < 1.29 is 14.7 Å². The summed E-state index contributed by atoms with van der Waals surface area (Å²) in [6.07, 6.45) is 5.08. The van der Waals surface area contributed by atoms with E-state index in [1.54, 1.807) is 6.92 Å².